The number of halogens is 1. The Morgan fingerprint density at radius 1 is 1.35 bits per heavy atom. The maximum absolute atomic E-state index is 11.5. The average molecular weight is 296 g/mol. The zero-order chi connectivity index (χ0) is 14.5. The van der Waals surface area contributed by atoms with Gasteiger partial charge in [-0.3, -0.25) is 0 Å². The third kappa shape index (κ3) is 3.71. The van der Waals surface area contributed by atoms with Gasteiger partial charge in [0.2, 0.25) is 5.69 Å². The molecule has 0 spiro atoms. The molecule has 1 heterocycles. The minimum Gasteiger partial charge on any atom is -0.539 e. The van der Waals surface area contributed by atoms with Crippen LogP contribution in [0.1, 0.15) is 31.1 Å². The van der Waals surface area contributed by atoms with E-state index in [1.807, 2.05) is 38.1 Å². The molecule has 20 heavy (non-hydrogen) atoms. The molecular weight excluding hydrogens is 278 g/mol. The van der Waals surface area contributed by atoms with Gasteiger partial charge in [-0.05, 0) is 44.5 Å². The third-order valence-electron chi connectivity index (χ3n) is 3.01. The van der Waals surface area contributed by atoms with Crippen LogP contribution in [0, 0.1) is 0 Å². The molecule has 0 amide bonds. The van der Waals surface area contributed by atoms with Gasteiger partial charge in [-0.15, -0.1) is 0 Å². The summed E-state index contributed by atoms with van der Waals surface area (Å²) in [6, 6.07) is 7.85. The molecule has 0 unspecified atom stereocenters. The molecule has 1 N–H and O–H groups in total. The molecule has 0 aliphatic rings. The predicted molar refractivity (Wildman–Crippen MR) is 73.4 cm³/mol. The zero-order valence-electron chi connectivity index (χ0n) is 11.6. The quantitative estimate of drug-likeness (QED) is 0.649. The molecule has 0 saturated carbocycles. The van der Waals surface area contributed by atoms with Crippen molar-refractivity contribution in [2.45, 2.75) is 32.9 Å². The first-order valence-corrected chi connectivity index (χ1v) is 6.98. The first kappa shape index (κ1) is 14.8. The predicted octanol–water partition coefficient (Wildman–Crippen LogP) is 1.60. The summed E-state index contributed by atoms with van der Waals surface area (Å²) in [4.78, 5) is 0. The largest absolute Gasteiger partial charge is 0.539 e. The molecule has 0 aliphatic carbocycles. The third-order valence-corrected chi connectivity index (χ3v) is 3.26. The Hall–Kier alpha value is -1.59. The van der Waals surface area contributed by atoms with Gasteiger partial charge >= 0.3 is 0 Å². The van der Waals surface area contributed by atoms with Crippen molar-refractivity contribution in [2.24, 2.45) is 0 Å². The maximum atomic E-state index is 11.5. The van der Waals surface area contributed by atoms with Crippen LogP contribution in [0.4, 0.5) is 0 Å². The fraction of sp³-hybridized carbons (Fsp3) is 0.429. The van der Waals surface area contributed by atoms with E-state index in [4.69, 9.17) is 11.6 Å². The van der Waals surface area contributed by atoms with Gasteiger partial charge in [0.15, 0.2) is 12.0 Å². The SMILES string of the molecule is CC(C)[n+]1noc([O-])c1CNCCc1ccc(Cl)cc1. The van der Waals surface area contributed by atoms with Gasteiger partial charge in [-0.2, -0.15) is 0 Å². The van der Waals surface area contributed by atoms with E-state index in [0.29, 0.717) is 12.2 Å². The van der Waals surface area contributed by atoms with E-state index in [-0.39, 0.29) is 12.0 Å². The Morgan fingerprint density at radius 2 is 2.05 bits per heavy atom. The Kier molecular flexibility index (Phi) is 4.98. The fourth-order valence-electron chi connectivity index (χ4n) is 1.93. The maximum Gasteiger partial charge on any atom is 0.247 e. The molecule has 5 nitrogen and oxygen atoms in total. The zero-order valence-corrected chi connectivity index (χ0v) is 12.4. The monoisotopic (exact) mass is 295 g/mol. The Morgan fingerprint density at radius 3 is 2.70 bits per heavy atom. The van der Waals surface area contributed by atoms with Crippen molar-refractivity contribution in [1.82, 2.24) is 10.6 Å². The second-order valence-electron chi connectivity index (χ2n) is 4.90. The molecule has 2 aromatic rings. The Balaban J connectivity index is 1.84. The van der Waals surface area contributed by atoms with Gasteiger partial charge in [0.1, 0.15) is 0 Å². The number of nitrogens with zero attached hydrogens (tertiary/aromatic N) is 2. The van der Waals surface area contributed by atoms with Crippen LogP contribution < -0.4 is 15.1 Å². The van der Waals surface area contributed by atoms with Crippen molar-refractivity contribution in [3.63, 3.8) is 0 Å². The summed E-state index contributed by atoms with van der Waals surface area (Å²) in [5.41, 5.74) is 1.75. The van der Waals surface area contributed by atoms with Crippen molar-refractivity contribution in [3.05, 3.63) is 40.5 Å². The summed E-state index contributed by atoms with van der Waals surface area (Å²) in [7, 11) is 0. The van der Waals surface area contributed by atoms with Crippen molar-refractivity contribution in [3.8, 4) is 5.95 Å². The molecule has 0 aliphatic heterocycles. The summed E-state index contributed by atoms with van der Waals surface area (Å²) in [6.07, 6.45) is 0.873. The molecule has 0 atom stereocenters. The van der Waals surface area contributed by atoms with Crippen LogP contribution in [0.5, 0.6) is 5.95 Å². The number of rotatable bonds is 6. The van der Waals surface area contributed by atoms with Gasteiger partial charge in [0, 0.05) is 5.02 Å². The van der Waals surface area contributed by atoms with Crippen molar-refractivity contribution in [1.29, 1.82) is 0 Å². The lowest BCUT2D eigenvalue weighted by Crippen LogP contribution is -2.43. The normalized spacial score (nSPS) is 11.2. The van der Waals surface area contributed by atoms with E-state index in [1.165, 1.54) is 5.56 Å². The molecule has 108 valence electrons. The summed E-state index contributed by atoms with van der Waals surface area (Å²) in [6.45, 7) is 5.14. The lowest BCUT2D eigenvalue weighted by atomic mass is 10.1. The van der Waals surface area contributed by atoms with Gasteiger partial charge in [-0.25, -0.2) is 0 Å². The molecule has 1 aromatic heterocycles. The van der Waals surface area contributed by atoms with E-state index in [1.54, 1.807) is 4.68 Å². The Bertz CT molecular complexity index is 552. The first-order valence-electron chi connectivity index (χ1n) is 6.60. The Labute approximate surface area is 123 Å². The highest BCUT2D eigenvalue weighted by Gasteiger charge is 2.19. The van der Waals surface area contributed by atoms with Gasteiger partial charge < -0.3 is 14.9 Å². The number of hydrogen-bond acceptors (Lipinski definition) is 4. The highest BCUT2D eigenvalue weighted by Crippen LogP contribution is 2.10. The fourth-order valence-corrected chi connectivity index (χ4v) is 2.05. The van der Waals surface area contributed by atoms with Crippen LogP contribution in [0.15, 0.2) is 28.8 Å². The molecule has 6 heteroatoms. The van der Waals surface area contributed by atoms with Crippen molar-refractivity contribution >= 4 is 11.6 Å². The lowest BCUT2D eigenvalue weighted by molar-refractivity contribution is -0.785. The molecule has 0 saturated heterocycles. The van der Waals surface area contributed by atoms with Crippen LogP contribution >= 0.6 is 11.6 Å². The van der Waals surface area contributed by atoms with Gasteiger partial charge in [-0.1, -0.05) is 28.4 Å². The number of aromatic nitrogens is 2. The summed E-state index contributed by atoms with van der Waals surface area (Å²) in [5, 5.41) is 19.2. The minimum absolute atomic E-state index is 0.106. The molecule has 2 rings (SSSR count). The average Bonchev–Trinajstić information content (AvgIpc) is 2.78. The van der Waals surface area contributed by atoms with Crippen molar-refractivity contribution in [2.75, 3.05) is 6.54 Å². The van der Waals surface area contributed by atoms with Gasteiger partial charge in [0.25, 0.3) is 0 Å². The molecule has 0 bridgehead atoms. The standard InChI is InChI=1S/C14H18ClN3O2/c1-10(2)18-13(14(19)20-17-18)9-16-8-7-11-3-5-12(15)6-4-11/h3-6,10,16H,7-9H2,1-2H3. The highest BCUT2D eigenvalue weighted by atomic mass is 35.5. The summed E-state index contributed by atoms with van der Waals surface area (Å²) in [5.74, 6) is -0.377. The summed E-state index contributed by atoms with van der Waals surface area (Å²) < 4.78 is 6.30. The van der Waals surface area contributed by atoms with E-state index < -0.39 is 0 Å². The van der Waals surface area contributed by atoms with E-state index in [9.17, 15) is 5.11 Å². The minimum atomic E-state index is -0.377. The first-order chi connectivity index (χ1) is 9.58. The summed E-state index contributed by atoms with van der Waals surface area (Å²) >= 11 is 5.83. The molecular formula is C14H18ClN3O2. The van der Waals surface area contributed by atoms with E-state index in [0.717, 1.165) is 18.0 Å². The molecule has 0 fully saturated rings. The van der Waals surface area contributed by atoms with E-state index >= 15 is 0 Å². The number of hydrogen-bond donors (Lipinski definition) is 1. The number of nitrogens with one attached hydrogen (secondary N) is 1. The van der Waals surface area contributed by atoms with Crippen LogP contribution in [-0.4, -0.2) is 11.8 Å². The second kappa shape index (κ2) is 6.72. The van der Waals surface area contributed by atoms with Crippen LogP contribution in [0.25, 0.3) is 0 Å². The lowest BCUT2D eigenvalue weighted by Gasteiger charge is -2.04. The molecule has 0 radical (unpaired) electrons. The smallest absolute Gasteiger partial charge is 0.247 e. The van der Waals surface area contributed by atoms with Crippen LogP contribution in [0.3, 0.4) is 0 Å². The van der Waals surface area contributed by atoms with E-state index in [2.05, 4.69) is 15.1 Å². The second-order valence-corrected chi connectivity index (χ2v) is 5.34. The van der Waals surface area contributed by atoms with Crippen LogP contribution in [-0.2, 0) is 13.0 Å². The number of benzene rings is 1. The molecule has 1 aromatic carbocycles. The van der Waals surface area contributed by atoms with Crippen molar-refractivity contribution < 1.29 is 14.3 Å². The topological polar surface area (TPSA) is 65.0 Å². The highest BCUT2D eigenvalue weighted by molar-refractivity contribution is 6.30. The van der Waals surface area contributed by atoms with Gasteiger partial charge in [0.05, 0.1) is 11.8 Å². The van der Waals surface area contributed by atoms with Crippen LogP contribution in [0.2, 0.25) is 5.02 Å².